The molecule has 1 aliphatic heterocycles. The van der Waals surface area contributed by atoms with Gasteiger partial charge in [-0.05, 0) is 72.5 Å². The van der Waals surface area contributed by atoms with E-state index in [9.17, 15) is 9.59 Å². The third-order valence-corrected chi connectivity index (χ3v) is 9.05. The van der Waals surface area contributed by atoms with Gasteiger partial charge in [0.05, 0.1) is 22.9 Å². The van der Waals surface area contributed by atoms with Gasteiger partial charge in [-0.25, -0.2) is 4.99 Å². The van der Waals surface area contributed by atoms with Gasteiger partial charge in [-0.15, -0.1) is 11.3 Å². The fourth-order valence-corrected chi connectivity index (χ4v) is 6.97. The molecule has 43 heavy (non-hydrogen) atoms. The summed E-state index contributed by atoms with van der Waals surface area (Å²) >= 11 is 8.90. The quantitative estimate of drug-likeness (QED) is 0.223. The molecule has 1 atom stereocenters. The van der Waals surface area contributed by atoms with E-state index in [1.54, 1.807) is 23.8 Å². The van der Waals surface area contributed by atoms with E-state index in [-0.39, 0.29) is 18.1 Å². The molecule has 0 saturated heterocycles. The summed E-state index contributed by atoms with van der Waals surface area (Å²) in [4.78, 5) is 33.7. The van der Waals surface area contributed by atoms with Crippen molar-refractivity contribution in [3.63, 3.8) is 0 Å². The summed E-state index contributed by atoms with van der Waals surface area (Å²) in [5, 5.41) is 5.50. The first kappa shape index (κ1) is 28.7. The van der Waals surface area contributed by atoms with E-state index in [2.05, 4.69) is 5.32 Å². The zero-order chi connectivity index (χ0) is 29.9. The first-order valence-corrected chi connectivity index (χ1v) is 15.5. The van der Waals surface area contributed by atoms with Gasteiger partial charge in [0.15, 0.2) is 4.80 Å². The Balaban J connectivity index is 1.38. The molecule has 1 amide bonds. The molecular formula is C33H26ClN3O4S2. The molecule has 6 rings (SSSR count). The van der Waals surface area contributed by atoms with Crippen LogP contribution in [0.5, 0.6) is 11.5 Å². The number of nitrogens with one attached hydrogen (secondary N) is 1. The van der Waals surface area contributed by atoms with Crippen LogP contribution in [-0.2, 0) is 11.4 Å². The number of benzene rings is 3. The van der Waals surface area contributed by atoms with Crippen LogP contribution in [-0.4, -0.2) is 17.6 Å². The van der Waals surface area contributed by atoms with Gasteiger partial charge in [-0.1, -0.05) is 59.3 Å². The number of allylic oxidation sites excluding steroid dienone is 1. The normalized spacial score (nSPS) is 14.7. The molecule has 0 unspecified atom stereocenters. The van der Waals surface area contributed by atoms with Crippen molar-refractivity contribution < 1.29 is 14.3 Å². The highest BCUT2D eigenvalue weighted by Crippen LogP contribution is 2.33. The number of methoxy groups -OCH3 is 1. The number of nitrogens with zero attached hydrogens (tertiary/aromatic N) is 2. The minimum atomic E-state index is -0.598. The Morgan fingerprint density at radius 1 is 1.07 bits per heavy atom. The van der Waals surface area contributed by atoms with Crippen LogP contribution in [0.2, 0.25) is 5.02 Å². The maximum atomic E-state index is 14.0. The Labute approximate surface area is 260 Å². The van der Waals surface area contributed by atoms with E-state index in [0.29, 0.717) is 42.8 Å². The second-order valence-corrected chi connectivity index (χ2v) is 12.2. The smallest absolute Gasteiger partial charge is 0.271 e. The lowest BCUT2D eigenvalue weighted by Crippen LogP contribution is -2.40. The third-order valence-electron chi connectivity index (χ3n) is 6.90. The number of ether oxygens (including phenoxy) is 2. The summed E-state index contributed by atoms with van der Waals surface area (Å²) in [7, 11) is 1.61. The number of halogens is 1. The highest BCUT2D eigenvalue weighted by atomic mass is 35.5. The number of carbonyl (C=O) groups is 1. The van der Waals surface area contributed by atoms with Crippen molar-refractivity contribution in [2.75, 3.05) is 12.4 Å². The number of thiophene rings is 1. The number of hydrogen-bond acceptors (Lipinski definition) is 7. The zero-order valence-electron chi connectivity index (χ0n) is 23.2. The molecule has 7 nitrogen and oxygen atoms in total. The van der Waals surface area contributed by atoms with E-state index in [1.165, 1.54) is 22.7 Å². The van der Waals surface area contributed by atoms with E-state index in [0.717, 1.165) is 16.0 Å². The fourth-order valence-electron chi connectivity index (χ4n) is 4.92. The number of carbonyl (C=O) groups excluding carboxylic acids is 1. The molecule has 10 heteroatoms. The number of para-hydroxylation sites is 1. The molecule has 1 aliphatic rings. The van der Waals surface area contributed by atoms with Gasteiger partial charge in [0, 0.05) is 21.2 Å². The van der Waals surface area contributed by atoms with E-state index in [4.69, 9.17) is 26.1 Å². The number of fused-ring (bicyclic) bond motifs is 1. The van der Waals surface area contributed by atoms with Crippen LogP contribution >= 0.6 is 34.3 Å². The van der Waals surface area contributed by atoms with Crippen molar-refractivity contribution >= 4 is 51.9 Å². The number of thiazole rings is 1. The minimum absolute atomic E-state index is 0.216. The maximum Gasteiger partial charge on any atom is 0.271 e. The van der Waals surface area contributed by atoms with Gasteiger partial charge in [-0.2, -0.15) is 0 Å². The molecule has 5 aromatic rings. The minimum Gasteiger partial charge on any atom is -0.496 e. The summed E-state index contributed by atoms with van der Waals surface area (Å²) in [5.41, 5.74) is 3.09. The Hall–Kier alpha value is -4.44. The van der Waals surface area contributed by atoms with Gasteiger partial charge >= 0.3 is 0 Å². The Kier molecular flexibility index (Phi) is 8.29. The topological polar surface area (TPSA) is 81.9 Å². The number of rotatable bonds is 8. The van der Waals surface area contributed by atoms with Crippen molar-refractivity contribution in [3.05, 3.63) is 142 Å². The van der Waals surface area contributed by atoms with Gasteiger partial charge < -0.3 is 14.8 Å². The van der Waals surface area contributed by atoms with Crippen molar-refractivity contribution in [1.82, 2.24) is 4.57 Å². The summed E-state index contributed by atoms with van der Waals surface area (Å²) in [5.74, 6) is 1.02. The Morgan fingerprint density at radius 3 is 2.65 bits per heavy atom. The summed E-state index contributed by atoms with van der Waals surface area (Å²) in [6.07, 6.45) is 1.83. The zero-order valence-corrected chi connectivity index (χ0v) is 25.6. The number of amides is 1. The van der Waals surface area contributed by atoms with Crippen LogP contribution < -0.4 is 29.7 Å². The van der Waals surface area contributed by atoms with Gasteiger partial charge in [0.2, 0.25) is 0 Å². The second kappa shape index (κ2) is 12.4. The first-order valence-electron chi connectivity index (χ1n) is 13.4. The van der Waals surface area contributed by atoms with Crippen LogP contribution in [0.3, 0.4) is 0 Å². The van der Waals surface area contributed by atoms with Crippen molar-refractivity contribution in [2.45, 2.75) is 19.6 Å². The van der Waals surface area contributed by atoms with Crippen LogP contribution in [0.4, 0.5) is 5.69 Å². The number of aromatic nitrogens is 1. The average Bonchev–Trinajstić information content (AvgIpc) is 3.64. The largest absolute Gasteiger partial charge is 0.496 e. The molecule has 3 aromatic carbocycles. The van der Waals surface area contributed by atoms with E-state index in [1.807, 2.05) is 91.2 Å². The number of anilines is 1. The highest BCUT2D eigenvalue weighted by Gasteiger charge is 2.33. The molecule has 0 radical (unpaired) electrons. The molecule has 0 bridgehead atoms. The first-order chi connectivity index (χ1) is 20.9. The van der Waals surface area contributed by atoms with Crippen molar-refractivity contribution in [1.29, 1.82) is 0 Å². The summed E-state index contributed by atoms with van der Waals surface area (Å²) in [6.45, 7) is 2.07. The predicted octanol–water partition coefficient (Wildman–Crippen LogP) is 6.18. The van der Waals surface area contributed by atoms with E-state index >= 15 is 0 Å². The second-order valence-electron chi connectivity index (χ2n) is 9.73. The van der Waals surface area contributed by atoms with Crippen LogP contribution in [0.25, 0.3) is 6.08 Å². The molecular weight excluding hydrogens is 602 g/mol. The van der Waals surface area contributed by atoms with Gasteiger partial charge in [-0.3, -0.25) is 14.2 Å². The summed E-state index contributed by atoms with van der Waals surface area (Å²) < 4.78 is 13.6. The molecule has 3 heterocycles. The van der Waals surface area contributed by atoms with Crippen molar-refractivity contribution in [2.24, 2.45) is 4.99 Å². The molecule has 0 fully saturated rings. The average molecular weight is 628 g/mol. The van der Waals surface area contributed by atoms with Crippen LogP contribution in [0.15, 0.2) is 111 Å². The highest BCUT2D eigenvalue weighted by molar-refractivity contribution is 7.10. The lowest BCUT2D eigenvalue weighted by molar-refractivity contribution is -0.113. The molecule has 0 spiro atoms. The molecule has 1 N–H and O–H groups in total. The van der Waals surface area contributed by atoms with Gasteiger partial charge in [0.25, 0.3) is 11.5 Å². The summed E-state index contributed by atoms with van der Waals surface area (Å²) in [6, 6.07) is 25.4. The monoisotopic (exact) mass is 627 g/mol. The molecule has 2 aromatic heterocycles. The SMILES string of the molecule is COc1ccc(/C=c2/sc3n(c2=O)[C@@H](c2cccs2)C(C(=O)Nc2ccccc2)=C(C)N=3)cc1COc1cccc(Cl)c1. The predicted molar refractivity (Wildman–Crippen MR) is 172 cm³/mol. The van der Waals surface area contributed by atoms with Gasteiger partial charge in [0.1, 0.15) is 24.1 Å². The molecule has 216 valence electrons. The number of hydrogen-bond donors (Lipinski definition) is 1. The third kappa shape index (κ3) is 6.06. The fraction of sp³-hybridized carbons (Fsp3) is 0.121. The lowest BCUT2D eigenvalue weighted by atomic mass is 10.0. The maximum absolute atomic E-state index is 14.0. The Bertz CT molecular complexity index is 2020. The van der Waals surface area contributed by atoms with Crippen LogP contribution in [0.1, 0.15) is 29.0 Å². The lowest BCUT2D eigenvalue weighted by Gasteiger charge is -2.24. The Morgan fingerprint density at radius 2 is 1.91 bits per heavy atom. The molecule has 0 saturated carbocycles. The molecule has 0 aliphatic carbocycles. The standard InChI is InChI=1S/C33H26ClN3O4S2/c1-20-29(31(38)36-24-9-4-3-5-10-24)30(27-12-7-15-42-27)37-32(39)28(43-33(37)35-20)17-21-13-14-26(40-2)22(16-21)19-41-25-11-6-8-23(34)18-25/h3-18,30H,19H2,1-2H3,(H,36,38)/b28-17+/t30-/m0/s1. The van der Waals surface area contributed by atoms with Crippen molar-refractivity contribution in [3.8, 4) is 11.5 Å². The van der Waals surface area contributed by atoms with Crippen LogP contribution in [0, 0.1) is 0 Å². The van der Waals surface area contributed by atoms with E-state index < -0.39 is 6.04 Å².